The Bertz CT molecular complexity index is 389. The number of ether oxygens (including phenoxy) is 1. The Morgan fingerprint density at radius 1 is 1.04 bits per heavy atom. The van der Waals surface area contributed by atoms with E-state index in [1.165, 1.54) is 0 Å². The Morgan fingerprint density at radius 3 is 2.00 bits per heavy atom. The van der Waals surface area contributed by atoms with Crippen LogP contribution < -0.4 is 0 Å². The fourth-order valence-corrected chi connectivity index (χ4v) is 3.73. The number of rotatable bonds is 7. The second kappa shape index (κ2) is 9.27. The van der Waals surface area contributed by atoms with Crippen LogP contribution in [0, 0.1) is 10.1 Å². The SMILES string of the molecule is CCN(COC)C1CCC(N=NC2CCC([N+](=O)[O-])CC2)CC1. The molecule has 0 saturated heterocycles. The fourth-order valence-electron chi connectivity index (χ4n) is 3.73. The largest absolute Gasteiger partial charge is 0.369 e. The first-order valence-corrected chi connectivity index (χ1v) is 8.90. The van der Waals surface area contributed by atoms with Crippen molar-refractivity contribution < 1.29 is 9.66 Å². The van der Waals surface area contributed by atoms with Crippen molar-refractivity contribution in [2.24, 2.45) is 10.2 Å². The van der Waals surface area contributed by atoms with Crippen molar-refractivity contribution in [2.45, 2.75) is 82.5 Å². The molecule has 2 aliphatic carbocycles. The summed E-state index contributed by atoms with van der Waals surface area (Å²) in [5.41, 5.74) is 0. The van der Waals surface area contributed by atoms with Crippen LogP contribution in [-0.2, 0) is 4.74 Å². The summed E-state index contributed by atoms with van der Waals surface area (Å²) >= 11 is 0. The topological polar surface area (TPSA) is 80.3 Å². The first-order valence-electron chi connectivity index (χ1n) is 8.90. The molecule has 0 atom stereocenters. The van der Waals surface area contributed by atoms with Gasteiger partial charge in [-0.3, -0.25) is 15.0 Å². The van der Waals surface area contributed by atoms with E-state index in [0.717, 1.165) is 45.1 Å². The second-order valence-corrected chi connectivity index (χ2v) is 6.76. The van der Waals surface area contributed by atoms with Gasteiger partial charge in [-0.1, -0.05) is 6.92 Å². The van der Waals surface area contributed by atoms with E-state index in [0.29, 0.717) is 31.7 Å². The molecular formula is C16H30N4O3. The average molecular weight is 326 g/mol. The van der Waals surface area contributed by atoms with Crippen LogP contribution in [0.4, 0.5) is 0 Å². The first-order chi connectivity index (χ1) is 11.1. The molecule has 0 unspecified atom stereocenters. The molecule has 7 nitrogen and oxygen atoms in total. The highest BCUT2D eigenvalue weighted by molar-refractivity contribution is 4.82. The highest BCUT2D eigenvalue weighted by atomic mass is 16.6. The number of nitro groups is 1. The van der Waals surface area contributed by atoms with Crippen LogP contribution in [-0.4, -0.2) is 54.4 Å². The Balaban J connectivity index is 1.71. The molecule has 23 heavy (non-hydrogen) atoms. The fraction of sp³-hybridized carbons (Fsp3) is 1.00. The zero-order valence-corrected chi connectivity index (χ0v) is 14.4. The van der Waals surface area contributed by atoms with E-state index in [2.05, 4.69) is 22.1 Å². The predicted octanol–water partition coefficient (Wildman–Crippen LogP) is 3.26. The molecule has 7 heteroatoms. The number of methoxy groups -OCH3 is 1. The quantitative estimate of drug-likeness (QED) is 0.311. The van der Waals surface area contributed by atoms with Crippen molar-refractivity contribution in [3.8, 4) is 0 Å². The molecule has 0 heterocycles. The Hall–Kier alpha value is -1.08. The van der Waals surface area contributed by atoms with Gasteiger partial charge in [0.1, 0.15) is 0 Å². The summed E-state index contributed by atoms with van der Waals surface area (Å²) in [6.07, 6.45) is 7.36. The molecule has 0 spiro atoms. The van der Waals surface area contributed by atoms with Crippen molar-refractivity contribution in [1.29, 1.82) is 0 Å². The molecule has 0 aromatic rings. The molecule has 132 valence electrons. The highest BCUT2D eigenvalue weighted by Crippen LogP contribution is 2.27. The van der Waals surface area contributed by atoms with Crippen LogP contribution in [0.3, 0.4) is 0 Å². The lowest BCUT2D eigenvalue weighted by Crippen LogP contribution is -2.39. The van der Waals surface area contributed by atoms with Crippen LogP contribution >= 0.6 is 0 Å². The van der Waals surface area contributed by atoms with E-state index in [9.17, 15) is 10.1 Å². The molecule has 0 aliphatic heterocycles. The zero-order valence-electron chi connectivity index (χ0n) is 14.4. The summed E-state index contributed by atoms with van der Waals surface area (Å²) < 4.78 is 5.26. The van der Waals surface area contributed by atoms with E-state index in [-0.39, 0.29) is 17.0 Å². The van der Waals surface area contributed by atoms with E-state index < -0.39 is 0 Å². The molecule has 2 saturated carbocycles. The molecule has 0 amide bonds. The van der Waals surface area contributed by atoms with Crippen molar-refractivity contribution >= 4 is 0 Å². The molecule has 2 rings (SSSR count). The molecule has 0 bridgehead atoms. The van der Waals surface area contributed by atoms with Gasteiger partial charge in [-0.15, -0.1) is 0 Å². The van der Waals surface area contributed by atoms with E-state index in [4.69, 9.17) is 4.74 Å². The average Bonchev–Trinajstić information content (AvgIpc) is 2.59. The molecule has 0 N–H and O–H groups in total. The summed E-state index contributed by atoms with van der Waals surface area (Å²) in [5, 5.41) is 19.8. The molecule has 0 aromatic carbocycles. The van der Waals surface area contributed by atoms with Crippen LogP contribution in [0.15, 0.2) is 10.2 Å². The zero-order chi connectivity index (χ0) is 16.7. The number of nitrogens with zero attached hydrogens (tertiary/aromatic N) is 4. The Kier molecular flexibility index (Phi) is 7.36. The highest BCUT2D eigenvalue weighted by Gasteiger charge is 2.29. The first kappa shape index (κ1) is 18.3. The Labute approximate surface area is 138 Å². The lowest BCUT2D eigenvalue weighted by Gasteiger charge is -2.34. The Morgan fingerprint density at radius 2 is 1.57 bits per heavy atom. The summed E-state index contributed by atoms with van der Waals surface area (Å²) in [6, 6.07) is 0.768. The summed E-state index contributed by atoms with van der Waals surface area (Å²) in [7, 11) is 1.75. The van der Waals surface area contributed by atoms with Crippen molar-refractivity contribution in [2.75, 3.05) is 20.4 Å². The van der Waals surface area contributed by atoms with Gasteiger partial charge in [0, 0.05) is 30.9 Å². The van der Waals surface area contributed by atoms with Gasteiger partial charge in [0.15, 0.2) is 0 Å². The number of hydrogen-bond acceptors (Lipinski definition) is 6. The second-order valence-electron chi connectivity index (χ2n) is 6.76. The predicted molar refractivity (Wildman–Crippen MR) is 88.2 cm³/mol. The normalized spacial score (nSPS) is 32.5. The summed E-state index contributed by atoms with van der Waals surface area (Å²) in [4.78, 5) is 13.0. The van der Waals surface area contributed by atoms with Crippen LogP contribution in [0.25, 0.3) is 0 Å². The van der Waals surface area contributed by atoms with Gasteiger partial charge in [-0.25, -0.2) is 0 Å². The van der Waals surface area contributed by atoms with Crippen molar-refractivity contribution in [1.82, 2.24) is 4.90 Å². The van der Waals surface area contributed by atoms with Gasteiger partial charge in [0.25, 0.3) is 0 Å². The summed E-state index contributed by atoms with van der Waals surface area (Å²) in [6.45, 7) is 3.89. The minimum absolute atomic E-state index is 0.145. The smallest absolute Gasteiger partial charge is 0.213 e. The van der Waals surface area contributed by atoms with Gasteiger partial charge in [0.05, 0.1) is 18.8 Å². The molecular weight excluding hydrogens is 296 g/mol. The third-order valence-corrected chi connectivity index (χ3v) is 5.24. The van der Waals surface area contributed by atoms with Gasteiger partial charge < -0.3 is 4.74 Å². The third-order valence-electron chi connectivity index (χ3n) is 5.24. The van der Waals surface area contributed by atoms with E-state index in [1.807, 2.05) is 0 Å². The lowest BCUT2D eigenvalue weighted by atomic mass is 9.90. The van der Waals surface area contributed by atoms with Gasteiger partial charge >= 0.3 is 0 Å². The standard InChI is InChI=1S/C16H30N4O3/c1-3-19(12-23-2)15-8-4-13(5-9-15)17-18-14-6-10-16(11-7-14)20(21)22/h13-16H,3-12H2,1-2H3. The molecule has 2 fully saturated rings. The molecule has 0 aromatic heterocycles. The number of azo groups is 1. The van der Waals surface area contributed by atoms with Crippen LogP contribution in [0.2, 0.25) is 0 Å². The van der Waals surface area contributed by atoms with Crippen molar-refractivity contribution in [3.05, 3.63) is 10.1 Å². The van der Waals surface area contributed by atoms with Gasteiger partial charge in [0.2, 0.25) is 6.04 Å². The molecule has 0 radical (unpaired) electrons. The van der Waals surface area contributed by atoms with Crippen LogP contribution in [0.5, 0.6) is 0 Å². The molecule has 2 aliphatic rings. The summed E-state index contributed by atoms with van der Waals surface area (Å²) in [5.74, 6) is 0. The van der Waals surface area contributed by atoms with Crippen LogP contribution in [0.1, 0.15) is 58.3 Å². The van der Waals surface area contributed by atoms with Gasteiger partial charge in [-0.05, 0) is 45.1 Å². The lowest BCUT2D eigenvalue weighted by molar-refractivity contribution is -0.526. The maximum atomic E-state index is 10.8. The van der Waals surface area contributed by atoms with Crippen molar-refractivity contribution in [3.63, 3.8) is 0 Å². The monoisotopic (exact) mass is 326 g/mol. The maximum absolute atomic E-state index is 10.8. The van der Waals surface area contributed by atoms with E-state index >= 15 is 0 Å². The minimum atomic E-state index is -0.363. The third kappa shape index (κ3) is 5.49. The number of hydrogen-bond donors (Lipinski definition) is 0. The van der Waals surface area contributed by atoms with Gasteiger partial charge in [-0.2, -0.15) is 10.2 Å². The minimum Gasteiger partial charge on any atom is -0.369 e. The maximum Gasteiger partial charge on any atom is 0.213 e. The van der Waals surface area contributed by atoms with E-state index in [1.54, 1.807) is 7.11 Å².